The highest BCUT2D eigenvalue weighted by molar-refractivity contribution is 6.30. The van der Waals surface area contributed by atoms with Crippen LogP contribution in [0.1, 0.15) is 33.3 Å². The number of hydrogen-bond donors (Lipinski definition) is 0. The molecule has 0 amide bonds. The Kier molecular flexibility index (Phi) is 4.03. The Morgan fingerprint density at radius 1 is 1.20 bits per heavy atom. The maximum absolute atomic E-state index is 12.4. The van der Waals surface area contributed by atoms with E-state index in [4.69, 9.17) is 21.1 Å². The number of cyclic esters (lactones) is 2. The number of carbonyl (C=O) groups excluding carboxylic acids is 3. The summed E-state index contributed by atoms with van der Waals surface area (Å²) in [5.74, 6) is -2.44. The van der Waals surface area contributed by atoms with Crippen LogP contribution in [-0.4, -0.2) is 29.9 Å². The highest BCUT2D eigenvalue weighted by Crippen LogP contribution is 2.54. The van der Waals surface area contributed by atoms with Crippen LogP contribution >= 0.6 is 11.6 Å². The van der Waals surface area contributed by atoms with Gasteiger partial charge in [-0.3, -0.25) is 9.59 Å². The second kappa shape index (κ2) is 5.70. The van der Waals surface area contributed by atoms with E-state index >= 15 is 0 Å². The lowest BCUT2D eigenvalue weighted by molar-refractivity contribution is -0.156. The first-order chi connectivity index (χ1) is 11.6. The number of rotatable bonds is 3. The SMILES string of the molecule is CC(=O)[C@@H]1C(=O)OC[C@@]1(c1ccc(Cl)cc1)C1(C)OC(=O)C(C)=C1C. The summed E-state index contributed by atoms with van der Waals surface area (Å²) >= 11 is 6.00. The number of carbonyl (C=O) groups is 3. The molecular formula is C19H19ClO5. The molecule has 0 saturated carbocycles. The first-order valence-electron chi connectivity index (χ1n) is 7.99. The van der Waals surface area contributed by atoms with Gasteiger partial charge in [0, 0.05) is 10.6 Å². The Labute approximate surface area is 150 Å². The maximum Gasteiger partial charge on any atom is 0.334 e. The zero-order valence-corrected chi connectivity index (χ0v) is 15.3. The molecule has 0 aromatic heterocycles. The second-order valence-electron chi connectivity index (χ2n) is 6.80. The molecule has 1 unspecified atom stereocenters. The van der Waals surface area contributed by atoms with Gasteiger partial charge in [0.25, 0.3) is 0 Å². The van der Waals surface area contributed by atoms with Crippen molar-refractivity contribution in [3.63, 3.8) is 0 Å². The van der Waals surface area contributed by atoms with E-state index in [0.29, 0.717) is 21.7 Å². The molecule has 6 heteroatoms. The van der Waals surface area contributed by atoms with Crippen molar-refractivity contribution in [1.82, 2.24) is 0 Å². The predicted molar refractivity (Wildman–Crippen MR) is 91.1 cm³/mol. The number of esters is 2. The van der Waals surface area contributed by atoms with E-state index in [1.165, 1.54) is 6.92 Å². The van der Waals surface area contributed by atoms with Crippen molar-refractivity contribution in [2.45, 2.75) is 38.7 Å². The molecule has 2 aliphatic heterocycles. The van der Waals surface area contributed by atoms with E-state index in [1.807, 2.05) is 0 Å². The van der Waals surface area contributed by atoms with E-state index in [2.05, 4.69) is 0 Å². The zero-order chi connectivity index (χ0) is 18.6. The molecule has 3 rings (SSSR count). The molecule has 1 aromatic rings. The van der Waals surface area contributed by atoms with Crippen LogP contribution in [0.3, 0.4) is 0 Å². The van der Waals surface area contributed by atoms with Crippen LogP contribution in [0.5, 0.6) is 0 Å². The lowest BCUT2D eigenvalue weighted by Gasteiger charge is -2.44. The molecule has 1 aromatic carbocycles. The molecular weight excluding hydrogens is 344 g/mol. The minimum Gasteiger partial charge on any atom is -0.464 e. The third-order valence-electron chi connectivity index (χ3n) is 5.67. The van der Waals surface area contributed by atoms with E-state index in [-0.39, 0.29) is 12.4 Å². The number of halogens is 1. The van der Waals surface area contributed by atoms with E-state index in [1.54, 1.807) is 45.0 Å². The standard InChI is InChI=1S/C19H19ClO5/c1-10-11(2)18(4,25-16(10)22)19(13-5-7-14(20)8-6-13)9-24-17(23)15(19)12(3)21/h5-8,15H,9H2,1-4H3/t15-,18?,19+/m1/s1. The highest BCUT2D eigenvalue weighted by Gasteiger charge is 2.67. The Morgan fingerprint density at radius 2 is 1.80 bits per heavy atom. The van der Waals surface area contributed by atoms with Gasteiger partial charge in [0.1, 0.15) is 23.9 Å². The molecule has 0 radical (unpaired) electrons. The van der Waals surface area contributed by atoms with Crippen molar-refractivity contribution in [3.8, 4) is 0 Å². The molecule has 1 fully saturated rings. The van der Waals surface area contributed by atoms with Crippen molar-refractivity contribution in [1.29, 1.82) is 0 Å². The average Bonchev–Trinajstić information content (AvgIpc) is 3.01. The first kappa shape index (κ1) is 17.7. The molecule has 5 nitrogen and oxygen atoms in total. The van der Waals surface area contributed by atoms with Crippen molar-refractivity contribution in [2.24, 2.45) is 5.92 Å². The van der Waals surface area contributed by atoms with E-state index in [0.717, 1.165) is 0 Å². The van der Waals surface area contributed by atoms with Crippen LogP contribution in [0.2, 0.25) is 5.02 Å². The number of ether oxygens (including phenoxy) is 2. The molecule has 0 spiro atoms. The second-order valence-corrected chi connectivity index (χ2v) is 7.24. The fourth-order valence-electron chi connectivity index (χ4n) is 4.03. The van der Waals surface area contributed by atoms with Crippen LogP contribution in [0, 0.1) is 5.92 Å². The topological polar surface area (TPSA) is 69.7 Å². The summed E-state index contributed by atoms with van der Waals surface area (Å²) in [7, 11) is 0. The van der Waals surface area contributed by atoms with Gasteiger partial charge in [0.05, 0.1) is 5.41 Å². The van der Waals surface area contributed by atoms with Gasteiger partial charge in [0.15, 0.2) is 0 Å². The van der Waals surface area contributed by atoms with Crippen LogP contribution in [0.4, 0.5) is 0 Å². The Balaban J connectivity index is 2.32. The van der Waals surface area contributed by atoms with Gasteiger partial charge >= 0.3 is 11.9 Å². The number of ketones is 1. The quantitative estimate of drug-likeness (QED) is 0.610. The molecule has 25 heavy (non-hydrogen) atoms. The third kappa shape index (κ3) is 2.25. The number of hydrogen-bond acceptors (Lipinski definition) is 5. The van der Waals surface area contributed by atoms with Crippen LogP contribution in [0.25, 0.3) is 0 Å². The fraction of sp³-hybridized carbons (Fsp3) is 0.421. The van der Waals surface area contributed by atoms with E-state index in [9.17, 15) is 14.4 Å². The van der Waals surface area contributed by atoms with Gasteiger partial charge in [-0.1, -0.05) is 23.7 Å². The zero-order valence-electron chi connectivity index (χ0n) is 14.5. The minimum atomic E-state index is -1.18. The summed E-state index contributed by atoms with van der Waals surface area (Å²) in [5, 5.41) is 0.528. The summed E-state index contributed by atoms with van der Waals surface area (Å²) in [6.07, 6.45) is 0. The van der Waals surface area contributed by atoms with Crippen LogP contribution in [0.15, 0.2) is 35.4 Å². The summed E-state index contributed by atoms with van der Waals surface area (Å²) in [6.45, 7) is 6.51. The molecule has 0 aliphatic carbocycles. The van der Waals surface area contributed by atoms with Gasteiger partial charge in [-0.05, 0) is 51.0 Å². The molecule has 1 saturated heterocycles. The third-order valence-corrected chi connectivity index (χ3v) is 5.92. The van der Waals surface area contributed by atoms with E-state index < -0.39 is 28.9 Å². The summed E-state index contributed by atoms with van der Waals surface area (Å²) in [5.41, 5.74) is -0.468. The van der Waals surface area contributed by atoms with Crippen molar-refractivity contribution in [3.05, 3.63) is 46.0 Å². The number of benzene rings is 1. The molecule has 2 heterocycles. The van der Waals surface area contributed by atoms with Gasteiger partial charge in [-0.25, -0.2) is 4.79 Å². The van der Waals surface area contributed by atoms with Crippen LogP contribution in [-0.2, 0) is 29.3 Å². The maximum atomic E-state index is 12.4. The van der Waals surface area contributed by atoms with Crippen molar-refractivity contribution < 1.29 is 23.9 Å². The predicted octanol–water partition coefficient (Wildman–Crippen LogP) is 2.99. The summed E-state index contributed by atoms with van der Waals surface area (Å²) in [6, 6.07) is 6.87. The monoisotopic (exact) mass is 362 g/mol. The fourth-order valence-corrected chi connectivity index (χ4v) is 4.15. The van der Waals surface area contributed by atoms with Crippen molar-refractivity contribution in [2.75, 3.05) is 6.61 Å². The lowest BCUT2D eigenvalue weighted by atomic mass is 9.59. The molecule has 132 valence electrons. The lowest BCUT2D eigenvalue weighted by Crippen LogP contribution is -2.57. The largest absolute Gasteiger partial charge is 0.464 e. The van der Waals surface area contributed by atoms with Gasteiger partial charge in [-0.2, -0.15) is 0 Å². The Morgan fingerprint density at radius 3 is 2.28 bits per heavy atom. The Hall–Kier alpha value is -2.14. The van der Waals surface area contributed by atoms with Gasteiger partial charge < -0.3 is 9.47 Å². The van der Waals surface area contributed by atoms with Gasteiger partial charge in [-0.15, -0.1) is 0 Å². The minimum absolute atomic E-state index is 0.0495. The highest BCUT2D eigenvalue weighted by atomic mass is 35.5. The van der Waals surface area contributed by atoms with Gasteiger partial charge in [0.2, 0.25) is 0 Å². The smallest absolute Gasteiger partial charge is 0.334 e. The Bertz CT molecular complexity index is 810. The summed E-state index contributed by atoms with van der Waals surface area (Å²) in [4.78, 5) is 37.0. The average molecular weight is 363 g/mol. The first-order valence-corrected chi connectivity index (χ1v) is 8.37. The normalized spacial score (nSPS) is 32.0. The molecule has 2 aliphatic rings. The van der Waals surface area contributed by atoms with Crippen LogP contribution < -0.4 is 0 Å². The molecule has 0 N–H and O–H groups in total. The molecule has 3 atom stereocenters. The number of Topliss-reactive ketones (excluding diaryl/α,β-unsaturated/α-hetero) is 1. The van der Waals surface area contributed by atoms with Crippen molar-refractivity contribution >= 4 is 29.3 Å². The molecule has 0 bridgehead atoms. The summed E-state index contributed by atoms with van der Waals surface area (Å²) < 4.78 is 11.1.